The molecule has 5 nitrogen and oxygen atoms in total. The minimum atomic E-state index is -1.45. The second-order valence-electron chi connectivity index (χ2n) is 6.09. The minimum absolute atomic E-state index is 0.0181. The smallest absolute Gasteiger partial charge is 0.240 e. The first-order valence-corrected chi connectivity index (χ1v) is 11.3. The van der Waals surface area contributed by atoms with Gasteiger partial charge in [-0.2, -0.15) is 0 Å². The van der Waals surface area contributed by atoms with Crippen LogP contribution in [0.25, 0.3) is 0 Å². The second-order valence-corrected chi connectivity index (χ2v) is 11.4. The molecule has 0 atom stereocenters. The van der Waals surface area contributed by atoms with E-state index >= 15 is 0 Å². The van der Waals surface area contributed by atoms with Crippen LogP contribution < -0.4 is 5.32 Å². The van der Waals surface area contributed by atoms with Crippen LogP contribution in [0.2, 0.25) is 19.6 Å². The Kier molecular flexibility index (Phi) is 5.31. The maximum Gasteiger partial charge on any atom is 0.240 e. The average Bonchev–Trinajstić information content (AvgIpc) is 2.82. The number of hydrogen-bond donors (Lipinski definition) is 1. The molecule has 1 fully saturated rings. The highest BCUT2D eigenvalue weighted by molar-refractivity contribution is 7.13. The summed E-state index contributed by atoms with van der Waals surface area (Å²) in [7, 11) is -1.45. The molecule has 0 aliphatic carbocycles. The van der Waals surface area contributed by atoms with Gasteiger partial charge in [-0.1, -0.05) is 0 Å². The quantitative estimate of drug-likeness (QED) is 0.848. The zero-order chi connectivity index (χ0) is 14.6. The highest BCUT2D eigenvalue weighted by atomic mass is 32.1. The number of carbonyl (C=O) groups excluding carboxylic acids is 1. The number of hydrogen-bond acceptors (Lipinski definition) is 5. The van der Waals surface area contributed by atoms with Gasteiger partial charge in [-0.05, 0) is 32.5 Å². The van der Waals surface area contributed by atoms with Gasteiger partial charge in [0.1, 0.15) is 0 Å². The summed E-state index contributed by atoms with van der Waals surface area (Å²) in [5, 5.41) is 5.35. The molecule has 1 amide bonds. The Labute approximate surface area is 125 Å². The van der Waals surface area contributed by atoms with Crippen LogP contribution >= 0.6 is 11.3 Å². The van der Waals surface area contributed by atoms with Crippen molar-refractivity contribution in [3.63, 3.8) is 0 Å². The molecule has 1 aliphatic heterocycles. The van der Waals surface area contributed by atoms with Crippen molar-refractivity contribution in [3.05, 3.63) is 11.6 Å². The van der Waals surface area contributed by atoms with Crippen molar-refractivity contribution in [3.8, 4) is 0 Å². The molecule has 0 spiro atoms. The molecule has 0 aromatic carbocycles. The summed E-state index contributed by atoms with van der Waals surface area (Å²) >= 11 is 1.44. The lowest BCUT2D eigenvalue weighted by atomic mass is 10.1. The molecular formula is C13H23N3O2SSi. The summed E-state index contributed by atoms with van der Waals surface area (Å²) < 4.78 is 6.12. The third kappa shape index (κ3) is 5.32. The fourth-order valence-electron chi connectivity index (χ4n) is 2.33. The van der Waals surface area contributed by atoms with Gasteiger partial charge < -0.3 is 9.74 Å². The fourth-order valence-corrected chi connectivity index (χ4v) is 4.11. The van der Waals surface area contributed by atoms with Crippen LogP contribution in [-0.4, -0.2) is 49.8 Å². The molecule has 0 radical (unpaired) electrons. The van der Waals surface area contributed by atoms with Gasteiger partial charge in [0, 0.05) is 30.8 Å². The third-order valence-electron chi connectivity index (χ3n) is 3.10. The number of rotatable bonds is 5. The van der Waals surface area contributed by atoms with E-state index in [1.165, 1.54) is 11.3 Å². The van der Waals surface area contributed by atoms with E-state index in [2.05, 4.69) is 34.8 Å². The van der Waals surface area contributed by atoms with Gasteiger partial charge in [-0.15, -0.1) is 11.3 Å². The van der Waals surface area contributed by atoms with Crippen molar-refractivity contribution in [2.24, 2.45) is 0 Å². The largest absolute Gasteiger partial charge is 0.415 e. The molecule has 2 heterocycles. The SMILES string of the molecule is C[Si](C)(C)OC1CCN(CC(=O)Nc2nccs2)CC1. The van der Waals surface area contributed by atoms with Crippen LogP contribution in [0, 0.1) is 0 Å². The molecule has 0 unspecified atom stereocenters. The minimum Gasteiger partial charge on any atom is -0.415 e. The molecule has 7 heteroatoms. The lowest BCUT2D eigenvalue weighted by Crippen LogP contribution is -2.44. The van der Waals surface area contributed by atoms with Gasteiger partial charge in [0.25, 0.3) is 0 Å². The van der Waals surface area contributed by atoms with Crippen LogP contribution in [0.4, 0.5) is 5.13 Å². The Balaban J connectivity index is 1.70. The van der Waals surface area contributed by atoms with Gasteiger partial charge in [0.2, 0.25) is 5.91 Å². The number of anilines is 1. The number of nitrogens with zero attached hydrogens (tertiary/aromatic N) is 2. The van der Waals surface area contributed by atoms with Gasteiger partial charge in [-0.3, -0.25) is 9.69 Å². The summed E-state index contributed by atoms with van der Waals surface area (Å²) in [6.07, 6.45) is 4.11. The second kappa shape index (κ2) is 6.80. The van der Waals surface area contributed by atoms with Crippen LogP contribution in [0.1, 0.15) is 12.8 Å². The van der Waals surface area contributed by atoms with E-state index in [1.54, 1.807) is 6.20 Å². The van der Waals surface area contributed by atoms with Gasteiger partial charge >= 0.3 is 0 Å². The lowest BCUT2D eigenvalue weighted by molar-refractivity contribution is -0.117. The average molecular weight is 313 g/mol. The van der Waals surface area contributed by atoms with E-state index in [-0.39, 0.29) is 5.91 Å². The molecule has 2 rings (SSSR count). The number of piperidine rings is 1. The number of aromatic nitrogens is 1. The van der Waals surface area contributed by atoms with E-state index in [4.69, 9.17) is 4.43 Å². The summed E-state index contributed by atoms with van der Waals surface area (Å²) in [6, 6.07) is 0. The maximum absolute atomic E-state index is 11.9. The molecule has 1 N–H and O–H groups in total. The zero-order valence-electron chi connectivity index (χ0n) is 12.4. The number of amides is 1. The highest BCUT2D eigenvalue weighted by Crippen LogP contribution is 2.18. The number of thiazole rings is 1. The molecule has 20 heavy (non-hydrogen) atoms. The van der Waals surface area contributed by atoms with E-state index in [9.17, 15) is 4.79 Å². The van der Waals surface area contributed by atoms with Gasteiger partial charge in [-0.25, -0.2) is 4.98 Å². The van der Waals surface area contributed by atoms with Crippen molar-refractivity contribution in [1.82, 2.24) is 9.88 Å². The Morgan fingerprint density at radius 3 is 2.75 bits per heavy atom. The van der Waals surface area contributed by atoms with Crippen LogP contribution in [-0.2, 0) is 9.22 Å². The fraction of sp³-hybridized carbons (Fsp3) is 0.692. The molecule has 1 saturated heterocycles. The Bertz CT molecular complexity index is 425. The Hall–Kier alpha value is -0.763. The van der Waals surface area contributed by atoms with Crippen molar-refractivity contribution in [2.75, 3.05) is 25.0 Å². The number of nitrogens with one attached hydrogen (secondary N) is 1. The van der Waals surface area contributed by atoms with Gasteiger partial charge in [0.15, 0.2) is 13.4 Å². The Morgan fingerprint density at radius 1 is 1.50 bits per heavy atom. The van der Waals surface area contributed by atoms with Gasteiger partial charge in [0.05, 0.1) is 6.54 Å². The highest BCUT2D eigenvalue weighted by Gasteiger charge is 2.26. The maximum atomic E-state index is 11.9. The van der Waals surface area contributed by atoms with E-state index in [1.807, 2.05) is 5.38 Å². The molecule has 0 saturated carbocycles. The molecule has 1 aromatic heterocycles. The van der Waals surface area contributed by atoms with E-state index in [0.717, 1.165) is 25.9 Å². The number of likely N-dealkylation sites (tertiary alicyclic amines) is 1. The van der Waals surface area contributed by atoms with Crippen LogP contribution in [0.5, 0.6) is 0 Å². The first kappa shape index (κ1) is 15.6. The van der Waals surface area contributed by atoms with Crippen molar-refractivity contribution < 1.29 is 9.22 Å². The first-order valence-electron chi connectivity index (χ1n) is 7.02. The predicted molar refractivity (Wildman–Crippen MR) is 84.6 cm³/mol. The van der Waals surface area contributed by atoms with E-state index in [0.29, 0.717) is 17.8 Å². The first-order chi connectivity index (χ1) is 9.42. The molecular weight excluding hydrogens is 290 g/mol. The van der Waals surface area contributed by atoms with E-state index < -0.39 is 8.32 Å². The van der Waals surface area contributed by atoms with Crippen molar-refractivity contribution >= 4 is 30.7 Å². The van der Waals surface area contributed by atoms with Crippen molar-refractivity contribution in [1.29, 1.82) is 0 Å². The molecule has 1 aromatic rings. The normalized spacial score (nSPS) is 18.1. The third-order valence-corrected chi connectivity index (χ3v) is 4.83. The monoisotopic (exact) mass is 313 g/mol. The molecule has 112 valence electrons. The van der Waals surface area contributed by atoms with Crippen molar-refractivity contribution in [2.45, 2.75) is 38.6 Å². The predicted octanol–water partition coefficient (Wildman–Crippen LogP) is 2.40. The van der Waals surface area contributed by atoms with Crippen LogP contribution in [0.15, 0.2) is 11.6 Å². The topological polar surface area (TPSA) is 54.5 Å². The standard InChI is InChI=1S/C13H23N3O2SSi/c1-20(2,3)18-11-4-7-16(8-5-11)10-12(17)15-13-14-6-9-19-13/h6,9,11H,4-5,7-8,10H2,1-3H3,(H,14,15,17). The van der Waals surface area contributed by atoms with Crippen LogP contribution in [0.3, 0.4) is 0 Å². The summed E-state index contributed by atoms with van der Waals surface area (Å²) in [6.45, 7) is 8.97. The zero-order valence-corrected chi connectivity index (χ0v) is 14.2. The Morgan fingerprint density at radius 2 is 2.20 bits per heavy atom. The molecule has 0 bridgehead atoms. The summed E-state index contributed by atoms with van der Waals surface area (Å²) in [4.78, 5) is 18.1. The summed E-state index contributed by atoms with van der Waals surface area (Å²) in [5.41, 5.74) is 0. The number of carbonyl (C=O) groups is 1. The summed E-state index contributed by atoms with van der Waals surface area (Å²) in [5.74, 6) is 0.0181. The lowest BCUT2D eigenvalue weighted by Gasteiger charge is -2.34. The molecule has 1 aliphatic rings.